The van der Waals surface area contributed by atoms with Crippen molar-refractivity contribution in [1.29, 1.82) is 0 Å². The predicted octanol–water partition coefficient (Wildman–Crippen LogP) is 0.692. The van der Waals surface area contributed by atoms with Crippen molar-refractivity contribution in [2.45, 2.75) is 31.9 Å². The lowest BCUT2D eigenvalue weighted by Gasteiger charge is -2.15. The summed E-state index contributed by atoms with van der Waals surface area (Å²) in [6.45, 7) is 3.67. The maximum Gasteiger partial charge on any atom is 0.0897 e. The fourth-order valence-electron chi connectivity index (χ4n) is 1.40. The summed E-state index contributed by atoms with van der Waals surface area (Å²) in [5, 5.41) is 12.7. The van der Waals surface area contributed by atoms with Gasteiger partial charge in [-0.05, 0) is 19.8 Å². The van der Waals surface area contributed by atoms with Crippen LogP contribution < -0.4 is 5.32 Å². The van der Waals surface area contributed by atoms with Crippen LogP contribution >= 0.6 is 0 Å². The minimum Gasteiger partial charge on any atom is -0.389 e. The molecule has 0 radical (unpaired) electrons. The highest BCUT2D eigenvalue weighted by Gasteiger charge is 2.11. The second-order valence-corrected chi connectivity index (χ2v) is 3.36. The molecule has 2 N–H and O–H groups in total. The Hall–Kier alpha value is -0.380. The molecule has 0 heterocycles. The van der Waals surface area contributed by atoms with E-state index in [1.807, 2.05) is 6.92 Å². The Balaban J connectivity index is 1.97. The molecule has 1 aliphatic rings. The molecule has 3 heteroatoms. The summed E-state index contributed by atoms with van der Waals surface area (Å²) in [4.78, 5) is 0. The van der Waals surface area contributed by atoms with Gasteiger partial charge in [-0.25, -0.2) is 0 Å². The molecule has 0 fully saturated rings. The van der Waals surface area contributed by atoms with Crippen LogP contribution in [0.3, 0.4) is 0 Å². The van der Waals surface area contributed by atoms with E-state index in [4.69, 9.17) is 4.74 Å². The van der Waals surface area contributed by atoms with Crippen molar-refractivity contribution in [3.05, 3.63) is 12.2 Å². The van der Waals surface area contributed by atoms with Gasteiger partial charge < -0.3 is 15.2 Å². The Bertz CT molecular complexity index is 151. The number of rotatable bonds is 6. The lowest BCUT2D eigenvalue weighted by atomic mass is 10.2. The van der Waals surface area contributed by atoms with Gasteiger partial charge in [-0.1, -0.05) is 12.2 Å². The summed E-state index contributed by atoms with van der Waals surface area (Å²) in [5.41, 5.74) is 0. The quantitative estimate of drug-likeness (QED) is 0.598. The van der Waals surface area contributed by atoms with Gasteiger partial charge in [0.25, 0.3) is 0 Å². The van der Waals surface area contributed by atoms with Gasteiger partial charge in [-0.15, -0.1) is 0 Å². The van der Waals surface area contributed by atoms with Gasteiger partial charge in [0.2, 0.25) is 0 Å². The zero-order chi connectivity index (χ0) is 9.52. The lowest BCUT2D eigenvalue weighted by molar-refractivity contribution is 0.0416. The van der Waals surface area contributed by atoms with E-state index in [-0.39, 0.29) is 6.10 Å². The SMILES string of the molecule is CCOCC(O)CNC1CC=CC1. The van der Waals surface area contributed by atoms with Crippen LogP contribution in [0.1, 0.15) is 19.8 Å². The molecule has 13 heavy (non-hydrogen) atoms. The Labute approximate surface area is 79.8 Å². The van der Waals surface area contributed by atoms with E-state index >= 15 is 0 Å². The second-order valence-electron chi connectivity index (χ2n) is 3.36. The van der Waals surface area contributed by atoms with E-state index in [0.717, 1.165) is 12.8 Å². The molecular formula is C10H19NO2. The van der Waals surface area contributed by atoms with E-state index in [1.54, 1.807) is 0 Å². The zero-order valence-corrected chi connectivity index (χ0v) is 8.20. The molecule has 1 aliphatic carbocycles. The van der Waals surface area contributed by atoms with Crippen LogP contribution in [-0.2, 0) is 4.74 Å². The molecule has 0 bridgehead atoms. The summed E-state index contributed by atoms with van der Waals surface area (Å²) in [6.07, 6.45) is 6.14. The Morgan fingerprint density at radius 2 is 2.23 bits per heavy atom. The van der Waals surface area contributed by atoms with Crippen molar-refractivity contribution >= 4 is 0 Å². The van der Waals surface area contributed by atoms with Crippen molar-refractivity contribution in [1.82, 2.24) is 5.32 Å². The first-order valence-electron chi connectivity index (χ1n) is 4.97. The van der Waals surface area contributed by atoms with E-state index < -0.39 is 0 Å². The highest BCUT2D eigenvalue weighted by atomic mass is 16.5. The molecule has 0 saturated heterocycles. The van der Waals surface area contributed by atoms with Gasteiger partial charge in [0.15, 0.2) is 0 Å². The standard InChI is InChI=1S/C10H19NO2/c1-2-13-8-10(12)7-11-9-5-3-4-6-9/h3-4,9-12H,2,5-8H2,1H3. The van der Waals surface area contributed by atoms with Crippen LogP contribution in [0.2, 0.25) is 0 Å². The number of ether oxygens (including phenoxy) is 1. The fraction of sp³-hybridized carbons (Fsp3) is 0.800. The maximum atomic E-state index is 9.43. The van der Waals surface area contributed by atoms with Crippen molar-refractivity contribution < 1.29 is 9.84 Å². The normalized spacial score (nSPS) is 19.5. The summed E-state index contributed by atoms with van der Waals surface area (Å²) in [5.74, 6) is 0. The Morgan fingerprint density at radius 1 is 1.54 bits per heavy atom. The lowest BCUT2D eigenvalue weighted by Crippen LogP contribution is -2.36. The first-order valence-corrected chi connectivity index (χ1v) is 4.97. The molecule has 3 nitrogen and oxygen atoms in total. The number of aliphatic hydroxyl groups is 1. The molecule has 1 unspecified atom stereocenters. The predicted molar refractivity (Wildman–Crippen MR) is 52.7 cm³/mol. The zero-order valence-electron chi connectivity index (χ0n) is 8.20. The van der Waals surface area contributed by atoms with Gasteiger partial charge in [-0.2, -0.15) is 0 Å². The largest absolute Gasteiger partial charge is 0.389 e. The maximum absolute atomic E-state index is 9.43. The summed E-state index contributed by atoms with van der Waals surface area (Å²) in [7, 11) is 0. The average molecular weight is 185 g/mol. The first-order chi connectivity index (χ1) is 6.33. The third-order valence-electron chi connectivity index (χ3n) is 2.16. The third kappa shape index (κ3) is 4.41. The van der Waals surface area contributed by atoms with Gasteiger partial charge >= 0.3 is 0 Å². The van der Waals surface area contributed by atoms with Crippen molar-refractivity contribution in [3.63, 3.8) is 0 Å². The minimum absolute atomic E-state index is 0.374. The highest BCUT2D eigenvalue weighted by Crippen LogP contribution is 2.08. The van der Waals surface area contributed by atoms with Crippen LogP contribution in [0.25, 0.3) is 0 Å². The highest BCUT2D eigenvalue weighted by molar-refractivity contribution is 4.97. The van der Waals surface area contributed by atoms with Crippen LogP contribution in [0.4, 0.5) is 0 Å². The summed E-state index contributed by atoms with van der Waals surface area (Å²) >= 11 is 0. The average Bonchev–Trinajstić information content (AvgIpc) is 2.64. The van der Waals surface area contributed by atoms with Crippen LogP contribution in [0.15, 0.2) is 12.2 Å². The number of hydrogen-bond acceptors (Lipinski definition) is 3. The molecule has 0 amide bonds. The molecule has 0 saturated carbocycles. The van der Waals surface area contributed by atoms with Crippen molar-refractivity contribution in [3.8, 4) is 0 Å². The van der Waals surface area contributed by atoms with Crippen molar-refractivity contribution in [2.75, 3.05) is 19.8 Å². The molecule has 0 aromatic rings. The van der Waals surface area contributed by atoms with Gasteiger partial charge in [-0.3, -0.25) is 0 Å². The molecule has 76 valence electrons. The summed E-state index contributed by atoms with van der Waals surface area (Å²) in [6, 6.07) is 0.524. The molecule has 1 rings (SSSR count). The molecular weight excluding hydrogens is 166 g/mol. The Morgan fingerprint density at radius 3 is 2.85 bits per heavy atom. The number of aliphatic hydroxyl groups excluding tert-OH is 1. The molecule has 0 aromatic carbocycles. The first kappa shape index (κ1) is 10.7. The van der Waals surface area contributed by atoms with Crippen LogP contribution in [0.5, 0.6) is 0 Å². The second kappa shape index (κ2) is 6.13. The smallest absolute Gasteiger partial charge is 0.0897 e. The fourth-order valence-corrected chi connectivity index (χ4v) is 1.40. The monoisotopic (exact) mass is 185 g/mol. The van der Waals surface area contributed by atoms with Crippen LogP contribution in [0, 0.1) is 0 Å². The molecule has 0 aliphatic heterocycles. The van der Waals surface area contributed by atoms with Crippen molar-refractivity contribution in [2.24, 2.45) is 0 Å². The van der Waals surface area contributed by atoms with Gasteiger partial charge in [0.05, 0.1) is 12.7 Å². The number of hydrogen-bond donors (Lipinski definition) is 2. The summed E-state index contributed by atoms with van der Waals surface area (Å²) < 4.78 is 5.10. The van der Waals surface area contributed by atoms with Gasteiger partial charge in [0.1, 0.15) is 0 Å². The Kier molecular flexibility index (Phi) is 5.05. The van der Waals surface area contributed by atoms with E-state index in [1.165, 1.54) is 0 Å². The van der Waals surface area contributed by atoms with Gasteiger partial charge in [0, 0.05) is 19.2 Å². The van der Waals surface area contributed by atoms with E-state index in [2.05, 4.69) is 17.5 Å². The minimum atomic E-state index is -0.374. The number of nitrogens with one attached hydrogen (secondary N) is 1. The topological polar surface area (TPSA) is 41.5 Å². The van der Waals surface area contributed by atoms with E-state index in [9.17, 15) is 5.11 Å². The molecule has 1 atom stereocenters. The molecule has 0 spiro atoms. The third-order valence-corrected chi connectivity index (χ3v) is 2.16. The molecule has 0 aromatic heterocycles. The van der Waals surface area contributed by atoms with Crippen LogP contribution in [-0.4, -0.2) is 37.0 Å². The van der Waals surface area contributed by atoms with E-state index in [0.29, 0.717) is 25.8 Å².